The second kappa shape index (κ2) is 9.76. The minimum Gasteiger partial charge on any atom is -0.496 e. The third-order valence-electron chi connectivity index (χ3n) is 5.68. The highest BCUT2D eigenvalue weighted by Crippen LogP contribution is 2.29. The summed E-state index contributed by atoms with van der Waals surface area (Å²) in [5, 5.41) is 7.93. The SMILES string of the molecule is COc1ccccc1CNC(=O)CCc1nc(N2CCCCCC2)c2c(C)noc2n1. The van der Waals surface area contributed by atoms with Crippen molar-refractivity contribution in [2.24, 2.45) is 0 Å². The van der Waals surface area contributed by atoms with E-state index in [1.165, 1.54) is 12.8 Å². The number of carbonyl (C=O) groups is 1. The van der Waals surface area contributed by atoms with Crippen LogP contribution in [0.25, 0.3) is 11.1 Å². The molecule has 0 aliphatic carbocycles. The van der Waals surface area contributed by atoms with E-state index in [9.17, 15) is 4.79 Å². The van der Waals surface area contributed by atoms with Crippen LogP contribution < -0.4 is 15.0 Å². The fraction of sp³-hybridized carbons (Fsp3) is 0.478. The van der Waals surface area contributed by atoms with E-state index in [0.29, 0.717) is 30.9 Å². The molecule has 0 bridgehead atoms. The number of benzene rings is 1. The minimum absolute atomic E-state index is 0.0559. The zero-order chi connectivity index (χ0) is 21.6. The molecule has 1 aromatic carbocycles. The number of nitrogens with zero attached hydrogens (tertiary/aromatic N) is 4. The van der Waals surface area contributed by atoms with E-state index >= 15 is 0 Å². The van der Waals surface area contributed by atoms with Gasteiger partial charge in [-0.25, -0.2) is 4.98 Å². The number of aryl methyl sites for hydroxylation is 2. The predicted molar refractivity (Wildman–Crippen MR) is 118 cm³/mol. The zero-order valence-electron chi connectivity index (χ0n) is 18.2. The highest BCUT2D eigenvalue weighted by atomic mass is 16.5. The van der Waals surface area contributed by atoms with Crippen LogP contribution in [0.2, 0.25) is 0 Å². The average Bonchev–Trinajstić information content (AvgIpc) is 2.99. The maximum absolute atomic E-state index is 12.4. The van der Waals surface area contributed by atoms with E-state index in [1.807, 2.05) is 31.2 Å². The number of anilines is 1. The van der Waals surface area contributed by atoms with Gasteiger partial charge in [-0.05, 0) is 25.8 Å². The Kier molecular flexibility index (Phi) is 6.64. The van der Waals surface area contributed by atoms with Gasteiger partial charge in [0.2, 0.25) is 5.91 Å². The Morgan fingerprint density at radius 3 is 2.71 bits per heavy atom. The summed E-state index contributed by atoms with van der Waals surface area (Å²) in [6, 6.07) is 7.66. The molecule has 1 saturated heterocycles. The lowest BCUT2D eigenvalue weighted by molar-refractivity contribution is -0.121. The number of nitrogens with one attached hydrogen (secondary N) is 1. The van der Waals surface area contributed by atoms with Gasteiger partial charge >= 0.3 is 0 Å². The maximum atomic E-state index is 12.4. The molecular formula is C23H29N5O3. The number of hydrogen-bond acceptors (Lipinski definition) is 7. The molecule has 0 spiro atoms. The maximum Gasteiger partial charge on any atom is 0.263 e. The first-order valence-corrected chi connectivity index (χ1v) is 10.9. The summed E-state index contributed by atoms with van der Waals surface area (Å²) in [5.74, 6) is 2.20. The smallest absolute Gasteiger partial charge is 0.263 e. The van der Waals surface area contributed by atoms with Gasteiger partial charge in [-0.3, -0.25) is 4.79 Å². The van der Waals surface area contributed by atoms with E-state index < -0.39 is 0 Å². The van der Waals surface area contributed by atoms with Crippen molar-refractivity contribution in [1.82, 2.24) is 20.4 Å². The molecule has 0 radical (unpaired) electrons. The summed E-state index contributed by atoms with van der Waals surface area (Å²) in [5.41, 5.74) is 2.24. The van der Waals surface area contributed by atoms with Gasteiger partial charge in [0.25, 0.3) is 5.71 Å². The van der Waals surface area contributed by atoms with Crippen LogP contribution in [-0.4, -0.2) is 41.2 Å². The molecule has 3 heterocycles. The molecule has 4 rings (SSSR count). The number of aromatic nitrogens is 3. The molecular weight excluding hydrogens is 394 g/mol. The van der Waals surface area contributed by atoms with Crippen molar-refractivity contribution in [3.63, 3.8) is 0 Å². The Hall–Kier alpha value is -3.16. The van der Waals surface area contributed by atoms with Gasteiger partial charge in [-0.1, -0.05) is 36.2 Å². The normalized spacial score (nSPS) is 14.5. The van der Waals surface area contributed by atoms with Gasteiger partial charge in [0, 0.05) is 38.0 Å². The second-order valence-electron chi connectivity index (χ2n) is 7.90. The summed E-state index contributed by atoms with van der Waals surface area (Å²) in [4.78, 5) is 24.1. The van der Waals surface area contributed by atoms with E-state index in [4.69, 9.17) is 14.2 Å². The molecule has 8 nitrogen and oxygen atoms in total. The lowest BCUT2D eigenvalue weighted by Crippen LogP contribution is -2.26. The van der Waals surface area contributed by atoms with Crippen LogP contribution in [-0.2, 0) is 17.8 Å². The van der Waals surface area contributed by atoms with Crippen LogP contribution in [0.3, 0.4) is 0 Å². The van der Waals surface area contributed by atoms with Crippen molar-refractivity contribution in [3.8, 4) is 5.75 Å². The van der Waals surface area contributed by atoms with E-state index in [-0.39, 0.29) is 5.91 Å². The number of amides is 1. The largest absolute Gasteiger partial charge is 0.496 e. The first-order valence-electron chi connectivity index (χ1n) is 10.9. The van der Waals surface area contributed by atoms with Crippen molar-refractivity contribution in [3.05, 3.63) is 41.3 Å². The quantitative estimate of drug-likeness (QED) is 0.621. The van der Waals surface area contributed by atoms with Crippen molar-refractivity contribution >= 4 is 22.8 Å². The van der Waals surface area contributed by atoms with Crippen molar-refractivity contribution in [2.45, 2.75) is 52.0 Å². The number of fused-ring (bicyclic) bond motifs is 1. The number of carbonyl (C=O) groups excluding carboxylic acids is 1. The van der Waals surface area contributed by atoms with Gasteiger partial charge in [-0.2, -0.15) is 4.98 Å². The highest BCUT2D eigenvalue weighted by molar-refractivity contribution is 5.88. The van der Waals surface area contributed by atoms with Crippen LogP contribution in [0.1, 0.15) is 49.2 Å². The van der Waals surface area contributed by atoms with Crippen LogP contribution in [0, 0.1) is 6.92 Å². The standard InChI is InChI=1S/C23H29N5O3/c1-16-21-22(28-13-7-3-4-8-14-28)25-19(26-23(21)31-27-16)11-12-20(29)24-15-17-9-5-6-10-18(17)30-2/h5-6,9-10H,3-4,7-8,11-15H2,1-2H3,(H,24,29). The average molecular weight is 424 g/mol. The Balaban J connectivity index is 1.45. The molecule has 1 fully saturated rings. The first-order chi connectivity index (χ1) is 15.2. The fourth-order valence-corrected chi connectivity index (χ4v) is 3.99. The summed E-state index contributed by atoms with van der Waals surface area (Å²) in [6.45, 7) is 4.27. The highest BCUT2D eigenvalue weighted by Gasteiger charge is 2.21. The monoisotopic (exact) mass is 423 g/mol. The molecule has 1 N–H and O–H groups in total. The Morgan fingerprint density at radius 2 is 1.94 bits per heavy atom. The molecule has 0 atom stereocenters. The Bertz CT molecular complexity index is 1040. The van der Waals surface area contributed by atoms with E-state index in [0.717, 1.165) is 54.1 Å². The second-order valence-corrected chi connectivity index (χ2v) is 7.90. The Morgan fingerprint density at radius 1 is 1.16 bits per heavy atom. The number of rotatable bonds is 7. The van der Waals surface area contributed by atoms with Gasteiger partial charge in [0.1, 0.15) is 22.8 Å². The molecule has 2 aromatic heterocycles. The molecule has 1 amide bonds. The van der Waals surface area contributed by atoms with Gasteiger partial charge in [0.15, 0.2) is 0 Å². The number of ether oxygens (including phenoxy) is 1. The van der Waals surface area contributed by atoms with E-state index in [1.54, 1.807) is 7.11 Å². The summed E-state index contributed by atoms with van der Waals surface area (Å²) in [6.07, 6.45) is 5.52. The van der Waals surface area contributed by atoms with Crippen LogP contribution >= 0.6 is 0 Å². The number of para-hydroxylation sites is 1. The van der Waals surface area contributed by atoms with Gasteiger partial charge in [-0.15, -0.1) is 0 Å². The molecule has 1 aliphatic heterocycles. The van der Waals surface area contributed by atoms with Crippen molar-refractivity contribution < 1.29 is 14.1 Å². The first kappa shape index (κ1) is 21.1. The lowest BCUT2D eigenvalue weighted by Gasteiger charge is -2.22. The van der Waals surface area contributed by atoms with Crippen LogP contribution in [0.4, 0.5) is 5.82 Å². The molecule has 31 heavy (non-hydrogen) atoms. The van der Waals surface area contributed by atoms with Gasteiger partial charge < -0.3 is 19.5 Å². The van der Waals surface area contributed by atoms with E-state index in [2.05, 4.69) is 20.4 Å². The predicted octanol–water partition coefficient (Wildman–Crippen LogP) is 3.56. The minimum atomic E-state index is -0.0559. The molecule has 8 heteroatoms. The third kappa shape index (κ3) is 4.95. The molecule has 0 saturated carbocycles. The van der Waals surface area contributed by atoms with Gasteiger partial charge in [0.05, 0.1) is 12.8 Å². The lowest BCUT2D eigenvalue weighted by atomic mass is 10.2. The summed E-state index contributed by atoms with van der Waals surface area (Å²) < 4.78 is 10.8. The van der Waals surface area contributed by atoms with Crippen LogP contribution in [0.5, 0.6) is 5.75 Å². The zero-order valence-corrected chi connectivity index (χ0v) is 18.2. The third-order valence-corrected chi connectivity index (χ3v) is 5.68. The van der Waals surface area contributed by atoms with Crippen LogP contribution in [0.15, 0.2) is 28.8 Å². The molecule has 1 aliphatic rings. The number of hydrogen-bond donors (Lipinski definition) is 1. The van der Waals surface area contributed by atoms with Crippen molar-refractivity contribution in [2.75, 3.05) is 25.1 Å². The number of methoxy groups -OCH3 is 1. The molecule has 0 unspecified atom stereocenters. The van der Waals surface area contributed by atoms with Crippen molar-refractivity contribution in [1.29, 1.82) is 0 Å². The summed E-state index contributed by atoms with van der Waals surface area (Å²) >= 11 is 0. The summed E-state index contributed by atoms with van der Waals surface area (Å²) in [7, 11) is 1.63. The topological polar surface area (TPSA) is 93.4 Å². The Labute approximate surface area is 182 Å². The fourth-order valence-electron chi connectivity index (χ4n) is 3.99. The molecule has 3 aromatic rings. The molecule has 164 valence electrons.